The molecule has 25 heavy (non-hydrogen) atoms. The first-order valence-electron chi connectivity index (χ1n) is 7.97. The maximum absolute atomic E-state index is 11.0. The van der Waals surface area contributed by atoms with E-state index in [0.717, 1.165) is 32.2 Å². The van der Waals surface area contributed by atoms with Crippen molar-refractivity contribution in [1.29, 1.82) is 0 Å². The van der Waals surface area contributed by atoms with Crippen molar-refractivity contribution in [1.82, 2.24) is 9.38 Å². The number of carbonyl (C=O) groups excluding carboxylic acids is 1. The number of hydrogen-bond acceptors (Lipinski definition) is 5. The standard InChI is InChI=1S/C19H16N2O3S/c1-3-23-15-8-9-17-18(10-15)25-19-20-16(11-21(17)19)13-4-6-14(7-5-13)24-12(2)22/h4-11H,3H2,1-2H3. The summed E-state index contributed by atoms with van der Waals surface area (Å²) in [6.45, 7) is 4.02. The average Bonchev–Trinajstić information content (AvgIpc) is 3.12. The molecule has 5 nitrogen and oxygen atoms in total. The molecule has 0 amide bonds. The highest BCUT2D eigenvalue weighted by Crippen LogP contribution is 2.32. The smallest absolute Gasteiger partial charge is 0.308 e. The molecule has 4 rings (SSSR count). The minimum atomic E-state index is -0.326. The number of thiazole rings is 1. The van der Waals surface area contributed by atoms with Crippen molar-refractivity contribution in [3.8, 4) is 22.8 Å². The molecule has 4 aromatic rings. The monoisotopic (exact) mass is 352 g/mol. The van der Waals surface area contributed by atoms with E-state index in [1.54, 1.807) is 23.5 Å². The van der Waals surface area contributed by atoms with Crippen molar-refractivity contribution in [3.05, 3.63) is 48.7 Å². The Labute approximate surface area is 148 Å². The zero-order valence-electron chi connectivity index (χ0n) is 13.9. The van der Waals surface area contributed by atoms with Gasteiger partial charge in [-0.05, 0) is 49.4 Å². The number of fused-ring (bicyclic) bond motifs is 3. The van der Waals surface area contributed by atoms with Crippen molar-refractivity contribution in [2.75, 3.05) is 6.61 Å². The normalized spacial score (nSPS) is 11.1. The number of esters is 1. The van der Waals surface area contributed by atoms with Crippen LogP contribution in [0.5, 0.6) is 11.5 Å². The first-order chi connectivity index (χ1) is 12.1. The molecule has 2 aromatic heterocycles. The molecule has 6 heteroatoms. The van der Waals surface area contributed by atoms with E-state index in [0.29, 0.717) is 12.4 Å². The van der Waals surface area contributed by atoms with Crippen LogP contribution in [0.2, 0.25) is 0 Å². The van der Waals surface area contributed by atoms with E-state index < -0.39 is 0 Å². The van der Waals surface area contributed by atoms with Gasteiger partial charge in [0.25, 0.3) is 0 Å². The largest absolute Gasteiger partial charge is 0.494 e. The molecule has 2 heterocycles. The van der Waals surface area contributed by atoms with E-state index in [2.05, 4.69) is 10.5 Å². The third kappa shape index (κ3) is 2.96. The van der Waals surface area contributed by atoms with Gasteiger partial charge in [-0.25, -0.2) is 4.98 Å². The van der Waals surface area contributed by atoms with Gasteiger partial charge in [0.2, 0.25) is 0 Å². The molecule has 0 fully saturated rings. The lowest BCUT2D eigenvalue weighted by Gasteiger charge is -2.02. The van der Waals surface area contributed by atoms with Crippen LogP contribution in [0, 0.1) is 0 Å². The molecule has 0 saturated carbocycles. The molecule has 0 saturated heterocycles. The average molecular weight is 352 g/mol. The topological polar surface area (TPSA) is 52.8 Å². The molecule has 0 unspecified atom stereocenters. The van der Waals surface area contributed by atoms with Gasteiger partial charge in [-0.2, -0.15) is 0 Å². The highest BCUT2D eigenvalue weighted by atomic mass is 32.1. The second-order valence-corrected chi connectivity index (χ2v) is 6.57. The zero-order chi connectivity index (χ0) is 17.4. The number of benzene rings is 2. The molecule has 0 aliphatic heterocycles. The molecular formula is C19H16N2O3S. The second kappa shape index (κ2) is 6.22. The number of imidazole rings is 1. The number of aromatic nitrogens is 2. The van der Waals surface area contributed by atoms with Crippen molar-refractivity contribution in [2.24, 2.45) is 0 Å². The molecular weight excluding hydrogens is 336 g/mol. The summed E-state index contributed by atoms with van der Waals surface area (Å²) < 4.78 is 13.9. The highest BCUT2D eigenvalue weighted by molar-refractivity contribution is 7.23. The highest BCUT2D eigenvalue weighted by Gasteiger charge is 2.11. The van der Waals surface area contributed by atoms with Gasteiger partial charge in [-0.3, -0.25) is 9.20 Å². The summed E-state index contributed by atoms with van der Waals surface area (Å²) in [6, 6.07) is 13.4. The number of ether oxygens (including phenoxy) is 2. The van der Waals surface area contributed by atoms with Crippen molar-refractivity contribution in [3.63, 3.8) is 0 Å². The zero-order valence-corrected chi connectivity index (χ0v) is 14.7. The van der Waals surface area contributed by atoms with Crippen LogP contribution in [-0.2, 0) is 4.79 Å². The van der Waals surface area contributed by atoms with Gasteiger partial charge < -0.3 is 9.47 Å². The van der Waals surface area contributed by atoms with Crippen molar-refractivity contribution < 1.29 is 14.3 Å². The van der Waals surface area contributed by atoms with Crippen LogP contribution in [0.15, 0.2) is 48.7 Å². The molecule has 0 aliphatic carbocycles. The lowest BCUT2D eigenvalue weighted by atomic mass is 10.2. The molecule has 0 spiro atoms. The first kappa shape index (κ1) is 15.7. The lowest BCUT2D eigenvalue weighted by Crippen LogP contribution is -2.00. The number of carbonyl (C=O) groups is 1. The Morgan fingerprint density at radius 2 is 1.92 bits per heavy atom. The maximum atomic E-state index is 11.0. The molecule has 0 atom stereocenters. The SMILES string of the molecule is CCOc1ccc2c(c1)sc1nc(-c3ccc(OC(C)=O)cc3)cn12. The van der Waals surface area contributed by atoms with Crippen LogP contribution in [0.4, 0.5) is 0 Å². The quantitative estimate of drug-likeness (QED) is 0.400. The van der Waals surface area contributed by atoms with Gasteiger partial charge in [0.15, 0.2) is 4.96 Å². The lowest BCUT2D eigenvalue weighted by molar-refractivity contribution is -0.131. The Morgan fingerprint density at radius 1 is 1.16 bits per heavy atom. The van der Waals surface area contributed by atoms with Crippen molar-refractivity contribution in [2.45, 2.75) is 13.8 Å². The molecule has 0 radical (unpaired) electrons. The second-order valence-electron chi connectivity index (χ2n) is 5.56. The fourth-order valence-corrected chi connectivity index (χ4v) is 3.77. The van der Waals surface area contributed by atoms with Crippen molar-refractivity contribution >= 4 is 32.5 Å². The Hall–Kier alpha value is -2.86. The summed E-state index contributed by atoms with van der Waals surface area (Å²) in [5.41, 5.74) is 2.97. The van der Waals surface area contributed by atoms with Gasteiger partial charge in [0.1, 0.15) is 11.5 Å². The van der Waals surface area contributed by atoms with E-state index in [9.17, 15) is 4.79 Å². The molecule has 0 aliphatic rings. The van der Waals surface area contributed by atoms with E-state index in [4.69, 9.17) is 14.5 Å². The number of hydrogen-bond donors (Lipinski definition) is 0. The Bertz CT molecular complexity index is 1060. The van der Waals surface area contributed by atoms with Gasteiger partial charge in [0, 0.05) is 18.7 Å². The van der Waals surface area contributed by atoms with Gasteiger partial charge in [-0.15, -0.1) is 0 Å². The molecule has 2 aromatic carbocycles. The van der Waals surface area contributed by atoms with Gasteiger partial charge in [-0.1, -0.05) is 11.3 Å². The number of rotatable bonds is 4. The Kier molecular flexibility index (Phi) is 3.89. The molecule has 0 N–H and O–H groups in total. The fraction of sp³-hybridized carbons (Fsp3) is 0.158. The third-order valence-corrected chi connectivity index (χ3v) is 4.81. The summed E-state index contributed by atoms with van der Waals surface area (Å²) in [7, 11) is 0. The van der Waals surface area contributed by atoms with E-state index in [1.165, 1.54) is 6.92 Å². The molecule has 126 valence electrons. The van der Waals surface area contributed by atoms with Crippen LogP contribution in [-0.4, -0.2) is 22.0 Å². The van der Waals surface area contributed by atoms with E-state index in [-0.39, 0.29) is 5.97 Å². The van der Waals surface area contributed by atoms with Crippen LogP contribution in [0.25, 0.3) is 26.4 Å². The van der Waals surface area contributed by atoms with Crippen LogP contribution < -0.4 is 9.47 Å². The van der Waals surface area contributed by atoms with Gasteiger partial charge >= 0.3 is 5.97 Å². The predicted octanol–water partition coefficient (Wildman–Crippen LogP) is 4.54. The first-order valence-corrected chi connectivity index (χ1v) is 8.79. The van der Waals surface area contributed by atoms with Crippen LogP contribution >= 0.6 is 11.3 Å². The van der Waals surface area contributed by atoms with E-state index >= 15 is 0 Å². The third-order valence-electron chi connectivity index (χ3n) is 3.79. The Morgan fingerprint density at radius 3 is 2.64 bits per heavy atom. The minimum absolute atomic E-state index is 0.326. The maximum Gasteiger partial charge on any atom is 0.308 e. The number of nitrogens with zero attached hydrogens (tertiary/aromatic N) is 2. The summed E-state index contributed by atoms with van der Waals surface area (Å²) >= 11 is 1.63. The van der Waals surface area contributed by atoms with E-state index in [1.807, 2.05) is 37.4 Å². The predicted molar refractivity (Wildman–Crippen MR) is 98.5 cm³/mol. The van der Waals surface area contributed by atoms with Gasteiger partial charge in [0.05, 0.1) is 22.5 Å². The summed E-state index contributed by atoms with van der Waals surface area (Å²) in [6.07, 6.45) is 2.02. The summed E-state index contributed by atoms with van der Waals surface area (Å²) in [5.74, 6) is 1.08. The molecule has 0 bridgehead atoms. The summed E-state index contributed by atoms with van der Waals surface area (Å²) in [5, 5.41) is 0. The van der Waals surface area contributed by atoms with Crippen LogP contribution in [0.3, 0.4) is 0 Å². The minimum Gasteiger partial charge on any atom is -0.494 e. The fourth-order valence-electron chi connectivity index (χ4n) is 2.74. The Balaban J connectivity index is 1.70. The van der Waals surface area contributed by atoms with Crippen LogP contribution in [0.1, 0.15) is 13.8 Å². The summed E-state index contributed by atoms with van der Waals surface area (Å²) in [4.78, 5) is 16.6.